The lowest BCUT2D eigenvalue weighted by Gasteiger charge is -2.18. The van der Waals surface area contributed by atoms with Gasteiger partial charge in [-0.15, -0.1) is 0 Å². The van der Waals surface area contributed by atoms with Crippen LogP contribution in [0.1, 0.15) is 110 Å². The number of thioether (sulfide) groups is 1. The van der Waals surface area contributed by atoms with Gasteiger partial charge in [-0.05, 0) is 65.0 Å². The Kier molecular flexibility index (Phi) is 27.9. The number of nitrogens with one attached hydrogen (secondary N) is 4. The van der Waals surface area contributed by atoms with Gasteiger partial charge in [-0.3, -0.25) is 24.0 Å². The summed E-state index contributed by atoms with van der Waals surface area (Å²) in [7, 11) is 6.56. The van der Waals surface area contributed by atoms with Crippen molar-refractivity contribution < 1.29 is 43.3 Å². The molecule has 49 heavy (non-hydrogen) atoms. The second-order valence-corrected chi connectivity index (χ2v) is 13.5. The highest BCUT2D eigenvalue weighted by atomic mass is 32.2. The number of carbonyl (C=O) groups excluding carboxylic acids is 5. The average molecular weight is 718 g/mol. The van der Waals surface area contributed by atoms with Gasteiger partial charge >= 0.3 is 23.9 Å². The van der Waals surface area contributed by atoms with Crippen LogP contribution in [0.2, 0.25) is 0 Å². The highest BCUT2D eigenvalue weighted by Crippen LogP contribution is 2.33. The van der Waals surface area contributed by atoms with E-state index in [1.807, 2.05) is 25.9 Å². The molecule has 0 spiro atoms. The molecule has 284 valence electrons. The zero-order valence-electron chi connectivity index (χ0n) is 30.4. The number of aliphatic carboxylic acids is 1. The molecule has 0 aromatic carbocycles. The Hall–Kier alpha value is -3.07. The summed E-state index contributed by atoms with van der Waals surface area (Å²) in [5, 5.41) is 20.7. The summed E-state index contributed by atoms with van der Waals surface area (Å²) in [5.74, 6) is 0.0922. The van der Waals surface area contributed by atoms with E-state index in [0.29, 0.717) is 44.0 Å². The number of carboxylic acids is 1. The first-order chi connectivity index (χ1) is 23.4. The minimum absolute atomic E-state index is 0.00651. The molecule has 2 aliphatic heterocycles. The first kappa shape index (κ1) is 45.9. The molecule has 3 atom stereocenters. The molecule has 0 aliphatic carbocycles. The van der Waals surface area contributed by atoms with E-state index in [9.17, 15) is 28.8 Å². The van der Waals surface area contributed by atoms with Crippen LogP contribution >= 0.6 is 11.8 Å². The summed E-state index contributed by atoms with van der Waals surface area (Å²) in [6, 6.07) is 0.443. The molecule has 2 rings (SSSR count). The predicted octanol–water partition coefficient (Wildman–Crippen LogP) is 3.61. The average Bonchev–Trinajstić information content (AvgIpc) is 3.63. The summed E-state index contributed by atoms with van der Waals surface area (Å²) in [6.45, 7) is 3.91. The van der Waals surface area contributed by atoms with Gasteiger partial charge < -0.3 is 40.7 Å². The van der Waals surface area contributed by atoms with Gasteiger partial charge in [0.2, 0.25) is 11.8 Å². The van der Waals surface area contributed by atoms with E-state index < -0.39 is 5.97 Å². The highest BCUT2D eigenvalue weighted by Gasteiger charge is 2.42. The number of nitrogens with zero attached hydrogens (tertiary/aromatic N) is 1. The predicted molar refractivity (Wildman–Crippen MR) is 191 cm³/mol. The molecule has 4 amide bonds. The van der Waals surface area contributed by atoms with E-state index in [0.717, 1.165) is 82.9 Å². The van der Waals surface area contributed by atoms with Crippen LogP contribution in [-0.4, -0.2) is 117 Å². The third-order valence-electron chi connectivity index (χ3n) is 8.07. The van der Waals surface area contributed by atoms with E-state index in [1.165, 1.54) is 21.1 Å². The van der Waals surface area contributed by atoms with Crippen molar-refractivity contribution in [3.05, 3.63) is 0 Å². The number of rotatable bonds is 23. The molecule has 0 saturated carbocycles. The number of carbonyl (C=O) groups is 6. The first-order valence-electron chi connectivity index (χ1n) is 17.6. The van der Waals surface area contributed by atoms with Crippen LogP contribution in [0.15, 0.2) is 0 Å². The SMILES string of the molecule is CN(CCCCCC(=O)O)C(=O)CCCCC1SCC2NC(=O)NC21.CNCCCCCC(=O)OC.COC(=O)CCCCCNC(C)=O. The molecule has 15 heteroatoms. The molecule has 3 unspecified atom stereocenters. The molecular weight excluding hydrogens is 654 g/mol. The molecule has 2 fully saturated rings. The number of fused-ring (bicyclic) bond motifs is 1. The third-order valence-corrected chi connectivity index (χ3v) is 9.58. The van der Waals surface area contributed by atoms with Gasteiger partial charge in [0, 0.05) is 63.7 Å². The summed E-state index contributed by atoms with van der Waals surface area (Å²) in [4.78, 5) is 67.3. The van der Waals surface area contributed by atoms with E-state index >= 15 is 0 Å². The lowest BCUT2D eigenvalue weighted by Crippen LogP contribution is -2.36. The van der Waals surface area contributed by atoms with Crippen LogP contribution in [0.3, 0.4) is 0 Å². The number of hydrogen-bond donors (Lipinski definition) is 5. The van der Waals surface area contributed by atoms with Crippen molar-refractivity contribution >= 4 is 47.5 Å². The van der Waals surface area contributed by atoms with Crippen molar-refractivity contribution in [3.63, 3.8) is 0 Å². The Morgan fingerprint density at radius 2 is 1.39 bits per heavy atom. The van der Waals surface area contributed by atoms with Gasteiger partial charge in [-0.25, -0.2) is 4.79 Å². The number of methoxy groups -OCH3 is 2. The van der Waals surface area contributed by atoms with Crippen LogP contribution < -0.4 is 21.3 Å². The van der Waals surface area contributed by atoms with Crippen molar-refractivity contribution in [1.82, 2.24) is 26.2 Å². The van der Waals surface area contributed by atoms with Gasteiger partial charge in [-0.1, -0.05) is 25.7 Å². The second-order valence-electron chi connectivity index (χ2n) is 12.2. The standard InChI is InChI=1S/C17H29N3O4S.C9H17NO3.C8H17NO2/c1-20(10-6-2-3-9-15(22)23)14(21)8-5-4-7-13-16-12(11-25-13)18-17(24)19-16;1-8(11)10-7-5-3-4-6-9(12)13-2;1-9-7-5-3-4-6-8(10)11-2/h12-13,16H,2-11H2,1H3,(H,22,23)(H2,18,19,24);3-7H2,1-2H3,(H,10,11);9H,3-7H2,1-2H3. The summed E-state index contributed by atoms with van der Waals surface area (Å²) in [5.41, 5.74) is 0. The number of urea groups is 1. The van der Waals surface area contributed by atoms with Crippen molar-refractivity contribution in [2.24, 2.45) is 0 Å². The molecule has 2 aliphatic rings. The third kappa shape index (κ3) is 25.5. The van der Waals surface area contributed by atoms with E-state index in [4.69, 9.17) is 5.11 Å². The van der Waals surface area contributed by atoms with Crippen LogP contribution in [-0.2, 0) is 33.4 Å². The van der Waals surface area contributed by atoms with Gasteiger partial charge in [0.25, 0.3) is 0 Å². The second kappa shape index (κ2) is 29.8. The summed E-state index contributed by atoms with van der Waals surface area (Å²) >= 11 is 1.90. The van der Waals surface area contributed by atoms with Crippen LogP contribution in [0, 0.1) is 0 Å². The van der Waals surface area contributed by atoms with Crippen molar-refractivity contribution in [1.29, 1.82) is 0 Å². The van der Waals surface area contributed by atoms with E-state index in [1.54, 1.807) is 4.90 Å². The molecule has 14 nitrogen and oxygen atoms in total. The van der Waals surface area contributed by atoms with Crippen LogP contribution in [0.25, 0.3) is 0 Å². The van der Waals surface area contributed by atoms with Gasteiger partial charge in [0.15, 0.2) is 0 Å². The topological polar surface area (TPSA) is 192 Å². The van der Waals surface area contributed by atoms with E-state index in [-0.39, 0.29) is 48.3 Å². The lowest BCUT2D eigenvalue weighted by atomic mass is 10.0. The number of carboxylic acid groups (broad SMARTS) is 1. The summed E-state index contributed by atoms with van der Waals surface area (Å²) in [6.07, 6.45) is 12.9. The Bertz CT molecular complexity index is 972. The monoisotopic (exact) mass is 717 g/mol. The minimum atomic E-state index is -0.760. The van der Waals surface area contributed by atoms with Gasteiger partial charge in [0.1, 0.15) is 0 Å². The maximum Gasteiger partial charge on any atom is 0.315 e. The van der Waals surface area contributed by atoms with Gasteiger partial charge in [0.05, 0.1) is 26.3 Å². The van der Waals surface area contributed by atoms with Crippen molar-refractivity contribution in [2.75, 3.05) is 53.7 Å². The smallest absolute Gasteiger partial charge is 0.315 e. The maximum atomic E-state index is 12.1. The van der Waals surface area contributed by atoms with Crippen LogP contribution in [0.4, 0.5) is 4.79 Å². The Morgan fingerprint density at radius 3 is 1.96 bits per heavy atom. The summed E-state index contributed by atoms with van der Waals surface area (Å²) < 4.78 is 8.99. The Labute approximate surface area is 297 Å². The fraction of sp³-hybridized carbons (Fsp3) is 0.824. The largest absolute Gasteiger partial charge is 0.481 e. The first-order valence-corrected chi connectivity index (χ1v) is 18.7. The fourth-order valence-corrected chi connectivity index (χ4v) is 6.71. The van der Waals surface area contributed by atoms with Crippen molar-refractivity contribution in [2.45, 2.75) is 127 Å². The molecule has 0 bridgehead atoms. The minimum Gasteiger partial charge on any atom is -0.481 e. The fourth-order valence-electron chi connectivity index (χ4n) is 5.17. The Balaban J connectivity index is 0.000000806. The number of unbranched alkanes of at least 4 members (excludes halogenated alkanes) is 7. The molecule has 0 radical (unpaired) electrons. The quantitative estimate of drug-likeness (QED) is 0.0589. The zero-order chi connectivity index (χ0) is 36.9. The van der Waals surface area contributed by atoms with Crippen molar-refractivity contribution in [3.8, 4) is 0 Å². The number of ether oxygens (including phenoxy) is 2. The molecule has 0 aromatic heterocycles. The maximum absolute atomic E-state index is 12.1. The number of esters is 2. The molecular formula is C34H63N5O9S. The number of hydrogen-bond acceptors (Lipinski definition) is 10. The van der Waals surface area contributed by atoms with E-state index in [2.05, 4.69) is 30.7 Å². The number of amides is 4. The van der Waals surface area contributed by atoms with Gasteiger partial charge in [-0.2, -0.15) is 11.8 Å². The molecule has 2 heterocycles. The Morgan fingerprint density at radius 1 is 0.816 bits per heavy atom. The normalized spacial score (nSPS) is 17.2. The lowest BCUT2D eigenvalue weighted by molar-refractivity contribution is -0.141. The van der Waals surface area contributed by atoms with Crippen LogP contribution in [0.5, 0.6) is 0 Å². The molecule has 5 N–H and O–H groups in total. The zero-order valence-corrected chi connectivity index (χ0v) is 31.3. The molecule has 0 aromatic rings. The molecule has 2 saturated heterocycles. The highest BCUT2D eigenvalue weighted by molar-refractivity contribution is 8.00.